The Kier molecular flexibility index (Phi) is 7.27. The van der Waals surface area contributed by atoms with Gasteiger partial charge in [-0.25, -0.2) is 0 Å². The molecule has 0 radical (unpaired) electrons. The van der Waals surface area contributed by atoms with Crippen LogP contribution in [0.15, 0.2) is 4.47 Å². The van der Waals surface area contributed by atoms with E-state index in [-0.39, 0.29) is 0 Å². The van der Waals surface area contributed by atoms with E-state index in [1.54, 1.807) is 0 Å². The minimum absolute atomic E-state index is 0.614. The topological polar surface area (TPSA) is 29.9 Å². The van der Waals surface area contributed by atoms with E-state index in [1.807, 2.05) is 11.7 Å². The first-order valence-corrected chi connectivity index (χ1v) is 7.89. The molecule has 1 atom stereocenters. The maximum atomic E-state index is 5.78. The summed E-state index contributed by atoms with van der Waals surface area (Å²) in [7, 11) is 2.00. The fourth-order valence-corrected chi connectivity index (χ4v) is 2.78. The van der Waals surface area contributed by atoms with Crippen LogP contribution in [-0.4, -0.2) is 22.2 Å². The van der Waals surface area contributed by atoms with Gasteiger partial charge < -0.3 is 5.32 Å². The summed E-state index contributed by atoms with van der Waals surface area (Å²) in [5.74, 6) is 1.37. The summed E-state index contributed by atoms with van der Waals surface area (Å²) in [4.78, 5) is 0. The molecule has 0 aromatic carbocycles. The zero-order valence-corrected chi connectivity index (χ0v) is 13.8. The van der Waals surface area contributed by atoms with Gasteiger partial charge in [-0.2, -0.15) is 5.10 Å². The molecular weight excluding hydrogens is 314 g/mol. The average molecular weight is 337 g/mol. The number of alkyl halides is 1. The van der Waals surface area contributed by atoms with E-state index >= 15 is 0 Å². The Morgan fingerprint density at radius 3 is 2.78 bits per heavy atom. The Morgan fingerprint density at radius 1 is 1.50 bits per heavy atom. The van der Waals surface area contributed by atoms with Crippen molar-refractivity contribution in [2.75, 3.05) is 12.4 Å². The van der Waals surface area contributed by atoms with Gasteiger partial charge >= 0.3 is 0 Å². The van der Waals surface area contributed by atoms with E-state index in [0.29, 0.717) is 5.92 Å². The molecule has 18 heavy (non-hydrogen) atoms. The highest BCUT2D eigenvalue weighted by Crippen LogP contribution is 2.21. The lowest BCUT2D eigenvalue weighted by molar-refractivity contribution is 0.524. The second-order valence-electron chi connectivity index (χ2n) is 4.76. The highest BCUT2D eigenvalue weighted by Gasteiger charge is 2.11. The number of rotatable bonds is 8. The maximum absolute atomic E-state index is 5.78. The van der Waals surface area contributed by atoms with E-state index in [9.17, 15) is 0 Å². The minimum Gasteiger partial charge on any atom is -0.311 e. The van der Waals surface area contributed by atoms with E-state index < -0.39 is 0 Å². The van der Waals surface area contributed by atoms with Gasteiger partial charge in [0, 0.05) is 19.5 Å². The summed E-state index contributed by atoms with van der Waals surface area (Å²) in [5, 5.41) is 7.95. The largest absolute Gasteiger partial charge is 0.311 e. The van der Waals surface area contributed by atoms with Crippen LogP contribution in [0.2, 0.25) is 0 Å². The Hall–Kier alpha value is -0.0600. The van der Waals surface area contributed by atoms with Crippen LogP contribution in [0.3, 0.4) is 0 Å². The van der Waals surface area contributed by atoms with Crippen molar-refractivity contribution in [1.29, 1.82) is 0 Å². The number of hydrogen-bond donors (Lipinski definition) is 1. The molecule has 5 heteroatoms. The van der Waals surface area contributed by atoms with Crippen LogP contribution in [0.25, 0.3) is 0 Å². The Labute approximate surface area is 123 Å². The van der Waals surface area contributed by atoms with E-state index in [0.717, 1.165) is 35.6 Å². The zero-order valence-electron chi connectivity index (χ0n) is 11.5. The first-order chi connectivity index (χ1) is 8.60. The fourth-order valence-electron chi connectivity index (χ4n) is 1.87. The molecule has 0 fully saturated rings. The van der Waals surface area contributed by atoms with Gasteiger partial charge in [-0.05, 0) is 47.7 Å². The second kappa shape index (κ2) is 8.18. The van der Waals surface area contributed by atoms with Crippen LogP contribution in [0, 0.1) is 5.92 Å². The summed E-state index contributed by atoms with van der Waals surface area (Å²) in [5.41, 5.74) is 2.35. The molecule has 104 valence electrons. The molecule has 1 aromatic heterocycles. The predicted octanol–water partition coefficient (Wildman–Crippen LogP) is 3.49. The van der Waals surface area contributed by atoms with Gasteiger partial charge in [-0.1, -0.05) is 13.8 Å². The molecule has 1 heterocycles. The fraction of sp³-hybridized carbons (Fsp3) is 0.769. The number of aromatic nitrogens is 2. The summed E-state index contributed by atoms with van der Waals surface area (Å²) in [6, 6.07) is 0. The van der Waals surface area contributed by atoms with Crippen molar-refractivity contribution in [3.8, 4) is 0 Å². The Morgan fingerprint density at radius 2 is 2.22 bits per heavy atom. The molecule has 1 aromatic rings. The minimum atomic E-state index is 0.614. The van der Waals surface area contributed by atoms with Crippen molar-refractivity contribution >= 4 is 27.5 Å². The van der Waals surface area contributed by atoms with Crippen LogP contribution in [0.5, 0.6) is 0 Å². The number of hydrogen-bond acceptors (Lipinski definition) is 2. The lowest BCUT2D eigenvalue weighted by Gasteiger charge is -2.08. The highest BCUT2D eigenvalue weighted by atomic mass is 79.9. The number of nitrogens with one attached hydrogen (secondary N) is 1. The molecule has 0 saturated carbocycles. The molecule has 1 N–H and O–H groups in total. The van der Waals surface area contributed by atoms with Crippen molar-refractivity contribution < 1.29 is 0 Å². The standard InChI is InChI=1S/C13H23BrClN3/c1-4-11-13(14)12(18(3)17-11)9-16-7-5-6-10(2)8-15/h10,16H,4-9H2,1-3H3. The summed E-state index contributed by atoms with van der Waals surface area (Å²) < 4.78 is 3.10. The molecular formula is C13H23BrClN3. The van der Waals surface area contributed by atoms with Crippen LogP contribution in [0.1, 0.15) is 38.1 Å². The number of aryl methyl sites for hydroxylation is 2. The first-order valence-electron chi connectivity index (χ1n) is 6.57. The number of halogens is 2. The third kappa shape index (κ3) is 4.56. The molecule has 0 aliphatic carbocycles. The second-order valence-corrected chi connectivity index (χ2v) is 5.86. The van der Waals surface area contributed by atoms with Crippen LogP contribution in [0.4, 0.5) is 0 Å². The number of nitrogens with zero attached hydrogens (tertiary/aromatic N) is 2. The SMILES string of the molecule is CCc1nn(C)c(CNCCCC(C)CCl)c1Br. The zero-order chi connectivity index (χ0) is 13.5. The lowest BCUT2D eigenvalue weighted by Crippen LogP contribution is -2.18. The Balaban J connectivity index is 2.33. The average Bonchev–Trinajstić information content (AvgIpc) is 2.64. The predicted molar refractivity (Wildman–Crippen MR) is 81.1 cm³/mol. The van der Waals surface area contributed by atoms with Crippen LogP contribution >= 0.6 is 27.5 Å². The quantitative estimate of drug-likeness (QED) is 0.582. The highest BCUT2D eigenvalue weighted by molar-refractivity contribution is 9.10. The van der Waals surface area contributed by atoms with E-state index in [4.69, 9.17) is 11.6 Å². The molecule has 0 aliphatic heterocycles. The molecule has 0 amide bonds. The molecule has 0 spiro atoms. The van der Waals surface area contributed by atoms with Gasteiger partial charge in [0.1, 0.15) is 0 Å². The van der Waals surface area contributed by atoms with Gasteiger partial charge in [0.05, 0.1) is 15.9 Å². The van der Waals surface area contributed by atoms with Crippen LogP contribution < -0.4 is 5.32 Å². The van der Waals surface area contributed by atoms with Crippen molar-refractivity contribution in [2.45, 2.75) is 39.7 Å². The normalized spacial score (nSPS) is 12.9. The molecule has 3 nitrogen and oxygen atoms in total. The molecule has 0 bridgehead atoms. The van der Waals surface area contributed by atoms with Gasteiger partial charge in [0.2, 0.25) is 0 Å². The molecule has 1 unspecified atom stereocenters. The monoisotopic (exact) mass is 335 g/mol. The van der Waals surface area contributed by atoms with Gasteiger partial charge in [0.25, 0.3) is 0 Å². The smallest absolute Gasteiger partial charge is 0.0767 e. The molecule has 1 rings (SSSR count). The molecule has 0 saturated heterocycles. The summed E-state index contributed by atoms with van der Waals surface area (Å²) in [6.07, 6.45) is 3.31. The van der Waals surface area contributed by atoms with Crippen molar-refractivity contribution in [2.24, 2.45) is 13.0 Å². The third-order valence-corrected chi connectivity index (χ3v) is 4.55. The lowest BCUT2D eigenvalue weighted by atomic mass is 10.1. The van der Waals surface area contributed by atoms with Crippen molar-refractivity contribution in [1.82, 2.24) is 15.1 Å². The summed E-state index contributed by atoms with van der Waals surface area (Å²) >= 11 is 9.41. The summed E-state index contributed by atoms with van der Waals surface area (Å²) in [6.45, 7) is 6.20. The van der Waals surface area contributed by atoms with E-state index in [2.05, 4.69) is 40.2 Å². The third-order valence-electron chi connectivity index (χ3n) is 3.11. The maximum Gasteiger partial charge on any atom is 0.0767 e. The van der Waals surface area contributed by atoms with Gasteiger partial charge in [0.15, 0.2) is 0 Å². The van der Waals surface area contributed by atoms with Gasteiger partial charge in [-0.15, -0.1) is 11.6 Å². The Bertz CT molecular complexity index is 365. The van der Waals surface area contributed by atoms with Crippen molar-refractivity contribution in [3.05, 3.63) is 15.9 Å². The van der Waals surface area contributed by atoms with Crippen molar-refractivity contribution in [3.63, 3.8) is 0 Å². The molecule has 0 aliphatic rings. The van der Waals surface area contributed by atoms with Crippen LogP contribution in [-0.2, 0) is 20.0 Å². The van der Waals surface area contributed by atoms with E-state index in [1.165, 1.54) is 18.5 Å². The van der Waals surface area contributed by atoms with Gasteiger partial charge in [-0.3, -0.25) is 4.68 Å². The first kappa shape index (κ1) is 16.0.